The molecule has 0 unspecified atom stereocenters. The van der Waals surface area contributed by atoms with Crippen LogP contribution in [0.1, 0.15) is 17.3 Å². The summed E-state index contributed by atoms with van der Waals surface area (Å²) in [5, 5.41) is 15.2. The Morgan fingerprint density at radius 1 is 1.04 bits per heavy atom. The molecule has 0 saturated heterocycles. The molecule has 0 aliphatic rings. The minimum absolute atomic E-state index is 0.0866. The van der Waals surface area contributed by atoms with Crippen molar-refractivity contribution < 1.29 is 24.2 Å². The number of nitrogens with one attached hydrogen (secondary N) is 2. The number of anilines is 2. The molecule has 0 heterocycles. The number of benzene rings is 2. The van der Waals surface area contributed by atoms with Crippen molar-refractivity contribution in [2.75, 3.05) is 24.9 Å². The Bertz CT molecular complexity index is 823. The number of halogens is 1. The molecule has 0 aliphatic heterocycles. The van der Waals surface area contributed by atoms with Crippen molar-refractivity contribution in [2.45, 2.75) is 6.92 Å². The Morgan fingerprint density at radius 3 is 2.32 bits per heavy atom. The van der Waals surface area contributed by atoms with E-state index in [4.69, 9.17) is 9.47 Å². The summed E-state index contributed by atoms with van der Waals surface area (Å²) in [6.07, 6.45) is 0. The van der Waals surface area contributed by atoms with Gasteiger partial charge < -0.3 is 25.2 Å². The van der Waals surface area contributed by atoms with Gasteiger partial charge in [-0.2, -0.15) is 0 Å². The highest BCUT2D eigenvalue weighted by molar-refractivity contribution is 9.10. The smallest absolute Gasteiger partial charge is 0.255 e. The fourth-order valence-corrected chi connectivity index (χ4v) is 2.58. The first-order valence-corrected chi connectivity index (χ1v) is 7.98. The van der Waals surface area contributed by atoms with E-state index in [1.54, 1.807) is 18.2 Å². The average molecular weight is 409 g/mol. The van der Waals surface area contributed by atoms with E-state index in [1.165, 1.54) is 33.3 Å². The van der Waals surface area contributed by atoms with Gasteiger partial charge in [-0.25, -0.2) is 0 Å². The second-order valence-electron chi connectivity index (χ2n) is 5.06. The molecule has 0 saturated carbocycles. The average Bonchev–Trinajstić information content (AvgIpc) is 2.56. The maximum Gasteiger partial charge on any atom is 0.255 e. The summed E-state index contributed by atoms with van der Waals surface area (Å²) in [6, 6.07) is 7.77. The number of carbonyl (C=O) groups is 2. The highest BCUT2D eigenvalue weighted by Gasteiger charge is 2.15. The van der Waals surface area contributed by atoms with Gasteiger partial charge >= 0.3 is 0 Å². The minimum atomic E-state index is -0.405. The van der Waals surface area contributed by atoms with Crippen LogP contribution in [0.2, 0.25) is 0 Å². The minimum Gasteiger partial charge on any atom is -0.503 e. The van der Waals surface area contributed by atoms with E-state index in [1.807, 2.05) is 0 Å². The first-order chi connectivity index (χ1) is 11.8. The zero-order valence-corrected chi connectivity index (χ0v) is 15.4. The zero-order valence-electron chi connectivity index (χ0n) is 13.8. The van der Waals surface area contributed by atoms with Crippen LogP contribution in [-0.2, 0) is 4.79 Å². The third-order valence-electron chi connectivity index (χ3n) is 3.28. The maximum absolute atomic E-state index is 12.4. The van der Waals surface area contributed by atoms with Crippen molar-refractivity contribution in [3.63, 3.8) is 0 Å². The molecule has 132 valence electrons. The molecule has 25 heavy (non-hydrogen) atoms. The largest absolute Gasteiger partial charge is 0.503 e. The number of aromatic hydroxyl groups is 1. The van der Waals surface area contributed by atoms with Crippen LogP contribution in [0.3, 0.4) is 0 Å². The van der Waals surface area contributed by atoms with Gasteiger partial charge in [0.1, 0.15) is 5.75 Å². The number of hydrogen-bond acceptors (Lipinski definition) is 5. The quantitative estimate of drug-likeness (QED) is 0.704. The molecule has 2 rings (SSSR count). The number of phenolic OH excluding ortho intramolecular Hbond substituents is 1. The van der Waals surface area contributed by atoms with Crippen LogP contribution in [0.4, 0.5) is 11.4 Å². The van der Waals surface area contributed by atoms with Crippen LogP contribution >= 0.6 is 15.9 Å². The molecule has 0 radical (unpaired) electrons. The number of phenols is 1. The lowest BCUT2D eigenvalue weighted by Gasteiger charge is -2.13. The Morgan fingerprint density at radius 2 is 1.72 bits per heavy atom. The predicted molar refractivity (Wildman–Crippen MR) is 97.6 cm³/mol. The SMILES string of the molecule is COc1ccc(NC(=O)c2cc(Br)c(O)c(OC)c2)cc1NC(C)=O. The molecule has 0 aromatic heterocycles. The van der Waals surface area contributed by atoms with Crippen LogP contribution in [0, 0.1) is 0 Å². The molecule has 7 nitrogen and oxygen atoms in total. The third-order valence-corrected chi connectivity index (χ3v) is 3.88. The van der Waals surface area contributed by atoms with Gasteiger partial charge in [0, 0.05) is 18.2 Å². The number of rotatable bonds is 5. The number of ether oxygens (including phenoxy) is 2. The Hall–Kier alpha value is -2.74. The van der Waals surface area contributed by atoms with E-state index in [-0.39, 0.29) is 17.4 Å². The van der Waals surface area contributed by atoms with Gasteiger partial charge in [-0.1, -0.05) is 0 Å². The molecular weight excluding hydrogens is 392 g/mol. The van der Waals surface area contributed by atoms with Crippen molar-refractivity contribution in [2.24, 2.45) is 0 Å². The molecule has 0 aliphatic carbocycles. The monoisotopic (exact) mass is 408 g/mol. The number of hydrogen-bond donors (Lipinski definition) is 3. The van der Waals surface area contributed by atoms with E-state index in [0.29, 0.717) is 27.2 Å². The molecule has 2 aromatic carbocycles. The highest BCUT2D eigenvalue weighted by Crippen LogP contribution is 2.35. The molecule has 0 fully saturated rings. The zero-order chi connectivity index (χ0) is 18.6. The number of carbonyl (C=O) groups excluding carboxylic acids is 2. The fraction of sp³-hybridized carbons (Fsp3) is 0.176. The summed E-state index contributed by atoms with van der Waals surface area (Å²) in [5.74, 6) is -0.0983. The highest BCUT2D eigenvalue weighted by atomic mass is 79.9. The van der Waals surface area contributed by atoms with E-state index >= 15 is 0 Å². The third kappa shape index (κ3) is 4.42. The predicted octanol–water partition coefficient (Wildman–Crippen LogP) is 3.38. The van der Waals surface area contributed by atoms with Crippen LogP contribution in [0.5, 0.6) is 17.2 Å². The lowest BCUT2D eigenvalue weighted by atomic mass is 10.1. The lowest BCUT2D eigenvalue weighted by Crippen LogP contribution is -2.13. The van der Waals surface area contributed by atoms with Gasteiger partial charge in [0.2, 0.25) is 5.91 Å². The van der Waals surface area contributed by atoms with E-state index in [2.05, 4.69) is 26.6 Å². The van der Waals surface area contributed by atoms with Crippen LogP contribution in [-0.4, -0.2) is 31.1 Å². The normalized spacial score (nSPS) is 10.1. The second-order valence-corrected chi connectivity index (χ2v) is 5.91. The van der Waals surface area contributed by atoms with Gasteiger partial charge in [0.15, 0.2) is 11.5 Å². The summed E-state index contributed by atoms with van der Waals surface area (Å²) in [5.41, 5.74) is 1.20. The Labute approximate surface area is 153 Å². The van der Waals surface area contributed by atoms with Gasteiger partial charge in [-0.15, -0.1) is 0 Å². The summed E-state index contributed by atoms with van der Waals surface area (Å²) in [4.78, 5) is 23.7. The Kier molecular flexibility index (Phi) is 5.87. The van der Waals surface area contributed by atoms with Crippen molar-refractivity contribution >= 4 is 39.1 Å². The van der Waals surface area contributed by atoms with Crippen molar-refractivity contribution in [1.82, 2.24) is 0 Å². The summed E-state index contributed by atoms with van der Waals surface area (Å²) >= 11 is 3.18. The van der Waals surface area contributed by atoms with Crippen molar-refractivity contribution in [3.8, 4) is 17.2 Å². The van der Waals surface area contributed by atoms with Gasteiger partial charge in [-0.05, 0) is 46.3 Å². The topological polar surface area (TPSA) is 96.9 Å². The molecule has 2 amide bonds. The molecule has 0 spiro atoms. The first kappa shape index (κ1) is 18.6. The molecule has 2 aromatic rings. The second kappa shape index (κ2) is 7.89. The van der Waals surface area contributed by atoms with Gasteiger partial charge in [0.05, 0.1) is 24.4 Å². The van der Waals surface area contributed by atoms with Crippen LogP contribution < -0.4 is 20.1 Å². The molecule has 3 N–H and O–H groups in total. The maximum atomic E-state index is 12.4. The van der Waals surface area contributed by atoms with Crippen molar-refractivity contribution in [1.29, 1.82) is 0 Å². The van der Waals surface area contributed by atoms with Gasteiger partial charge in [0.25, 0.3) is 5.91 Å². The fourth-order valence-electron chi connectivity index (χ4n) is 2.14. The summed E-state index contributed by atoms with van der Waals surface area (Å²) in [7, 11) is 2.88. The summed E-state index contributed by atoms with van der Waals surface area (Å²) < 4.78 is 10.5. The number of methoxy groups -OCH3 is 2. The van der Waals surface area contributed by atoms with Gasteiger partial charge in [-0.3, -0.25) is 9.59 Å². The van der Waals surface area contributed by atoms with Crippen molar-refractivity contribution in [3.05, 3.63) is 40.4 Å². The standard InChI is InChI=1S/C17H17BrN2O5/c1-9(21)19-13-8-11(4-5-14(13)24-2)20-17(23)10-6-12(18)16(22)15(7-10)25-3/h4-8,22H,1-3H3,(H,19,21)(H,20,23). The Balaban J connectivity index is 2.29. The molecular formula is C17H17BrN2O5. The number of amides is 2. The van der Waals surface area contributed by atoms with E-state index in [0.717, 1.165) is 0 Å². The van der Waals surface area contributed by atoms with E-state index in [9.17, 15) is 14.7 Å². The van der Waals surface area contributed by atoms with Crippen LogP contribution in [0.15, 0.2) is 34.8 Å². The lowest BCUT2D eigenvalue weighted by molar-refractivity contribution is -0.114. The molecule has 0 bridgehead atoms. The molecule has 0 atom stereocenters. The first-order valence-electron chi connectivity index (χ1n) is 7.19. The summed E-state index contributed by atoms with van der Waals surface area (Å²) in [6.45, 7) is 1.38. The van der Waals surface area contributed by atoms with E-state index < -0.39 is 5.91 Å². The van der Waals surface area contributed by atoms with Crippen LogP contribution in [0.25, 0.3) is 0 Å². The molecule has 8 heteroatoms.